The first kappa shape index (κ1) is 30.1. The Morgan fingerprint density at radius 2 is 1.74 bits per heavy atom. The SMILES string of the molecule is CCN(c1cc(-c2ccc(CNC(C)C)cc2)cc(C(=O)NCC2=C(C)C=C(C)NC2=C2CC2)c1C)C1CCOCC1. The van der Waals surface area contributed by atoms with Crippen molar-refractivity contribution >= 4 is 11.6 Å². The number of nitrogens with one attached hydrogen (secondary N) is 3. The molecule has 0 atom stereocenters. The number of benzene rings is 2. The predicted molar refractivity (Wildman–Crippen MR) is 174 cm³/mol. The largest absolute Gasteiger partial charge is 0.381 e. The molecule has 5 rings (SSSR count). The zero-order valence-corrected chi connectivity index (χ0v) is 26.3. The van der Waals surface area contributed by atoms with E-state index in [9.17, 15) is 4.79 Å². The normalized spacial score (nSPS) is 17.4. The van der Waals surface area contributed by atoms with E-state index < -0.39 is 0 Å². The van der Waals surface area contributed by atoms with Crippen LogP contribution in [0.25, 0.3) is 11.1 Å². The monoisotopic (exact) mass is 568 g/mol. The minimum Gasteiger partial charge on any atom is -0.381 e. The highest BCUT2D eigenvalue weighted by Crippen LogP contribution is 2.37. The summed E-state index contributed by atoms with van der Waals surface area (Å²) < 4.78 is 5.68. The number of hydrogen-bond donors (Lipinski definition) is 3. The van der Waals surface area contributed by atoms with Gasteiger partial charge in [0, 0.05) is 67.6 Å². The number of carbonyl (C=O) groups is 1. The summed E-state index contributed by atoms with van der Waals surface area (Å²) in [4.78, 5) is 16.5. The first-order valence-electron chi connectivity index (χ1n) is 15.7. The Morgan fingerprint density at radius 1 is 1.02 bits per heavy atom. The van der Waals surface area contributed by atoms with Crippen LogP contribution in [0.4, 0.5) is 5.69 Å². The summed E-state index contributed by atoms with van der Waals surface area (Å²) in [5, 5.41) is 10.4. The van der Waals surface area contributed by atoms with Crippen molar-refractivity contribution in [2.75, 3.05) is 31.2 Å². The molecule has 1 saturated carbocycles. The van der Waals surface area contributed by atoms with Crippen molar-refractivity contribution < 1.29 is 9.53 Å². The second-order valence-electron chi connectivity index (χ2n) is 12.3. The Kier molecular flexibility index (Phi) is 9.54. The van der Waals surface area contributed by atoms with E-state index in [4.69, 9.17) is 4.74 Å². The van der Waals surface area contributed by atoms with Gasteiger partial charge in [-0.05, 0) is 111 Å². The quantitative estimate of drug-likeness (QED) is 0.295. The number of rotatable bonds is 10. The molecule has 1 saturated heterocycles. The Morgan fingerprint density at radius 3 is 2.38 bits per heavy atom. The molecule has 2 aromatic rings. The van der Waals surface area contributed by atoms with Crippen LogP contribution in [0, 0.1) is 6.92 Å². The molecule has 1 amide bonds. The minimum absolute atomic E-state index is 0.0249. The fourth-order valence-electron chi connectivity index (χ4n) is 6.18. The number of carbonyl (C=O) groups excluding carboxylic acids is 1. The topological polar surface area (TPSA) is 65.6 Å². The van der Waals surface area contributed by atoms with E-state index in [0.717, 1.165) is 85.6 Å². The molecular formula is C36H48N4O2. The Hall–Kier alpha value is -3.35. The standard InChI is InChI=1S/C36H48N4O2/c1-7-40(31-14-16-42-17-15-31)34-20-30(28-10-8-27(9-11-28)21-37-23(2)3)19-32(26(34)6)36(41)38-22-33-24(4)18-25(5)39-35(33)29-12-13-29/h8-11,18-20,23,31,37,39H,7,12-17,21-22H2,1-6H3,(H,38,41). The number of anilines is 1. The average Bonchev–Trinajstić information content (AvgIpc) is 3.83. The molecule has 6 nitrogen and oxygen atoms in total. The molecule has 2 fully saturated rings. The maximum atomic E-state index is 14.0. The third kappa shape index (κ3) is 6.99. The lowest BCUT2D eigenvalue weighted by atomic mass is 9.94. The van der Waals surface area contributed by atoms with Gasteiger partial charge in [0.25, 0.3) is 5.91 Å². The molecule has 42 heavy (non-hydrogen) atoms. The molecule has 2 aliphatic heterocycles. The highest BCUT2D eigenvalue weighted by molar-refractivity contribution is 5.99. The van der Waals surface area contributed by atoms with E-state index in [1.807, 2.05) is 0 Å². The lowest BCUT2D eigenvalue weighted by Gasteiger charge is -2.37. The number of dihydropyridines is 1. The fourth-order valence-corrected chi connectivity index (χ4v) is 6.18. The first-order chi connectivity index (χ1) is 20.2. The van der Waals surface area contributed by atoms with Gasteiger partial charge in [0.05, 0.1) is 0 Å². The zero-order chi connectivity index (χ0) is 29.8. The predicted octanol–water partition coefficient (Wildman–Crippen LogP) is 6.77. The molecule has 0 bridgehead atoms. The second-order valence-corrected chi connectivity index (χ2v) is 12.3. The van der Waals surface area contributed by atoms with Gasteiger partial charge in [-0.1, -0.05) is 38.1 Å². The maximum Gasteiger partial charge on any atom is 0.251 e. The molecular weight excluding hydrogens is 520 g/mol. The van der Waals surface area contributed by atoms with Gasteiger partial charge in [-0.2, -0.15) is 0 Å². The van der Waals surface area contributed by atoms with E-state index in [2.05, 4.69) is 105 Å². The average molecular weight is 569 g/mol. The van der Waals surface area contributed by atoms with Crippen LogP contribution >= 0.6 is 0 Å². The van der Waals surface area contributed by atoms with Crippen LogP contribution in [0.2, 0.25) is 0 Å². The van der Waals surface area contributed by atoms with Gasteiger partial charge in [0.1, 0.15) is 0 Å². The van der Waals surface area contributed by atoms with Crippen LogP contribution in [0.5, 0.6) is 0 Å². The van der Waals surface area contributed by atoms with Gasteiger partial charge in [-0.3, -0.25) is 4.79 Å². The summed E-state index contributed by atoms with van der Waals surface area (Å²) in [5.41, 5.74) is 12.6. The van der Waals surface area contributed by atoms with E-state index in [1.165, 1.54) is 28.0 Å². The highest BCUT2D eigenvalue weighted by Gasteiger charge is 2.27. The molecule has 0 unspecified atom stereocenters. The van der Waals surface area contributed by atoms with Crippen molar-refractivity contribution in [1.29, 1.82) is 0 Å². The zero-order valence-electron chi connectivity index (χ0n) is 26.3. The number of ether oxygens (including phenoxy) is 1. The number of hydrogen-bond acceptors (Lipinski definition) is 5. The van der Waals surface area contributed by atoms with Gasteiger partial charge < -0.3 is 25.6 Å². The van der Waals surface area contributed by atoms with E-state index in [-0.39, 0.29) is 5.91 Å². The van der Waals surface area contributed by atoms with E-state index in [0.29, 0.717) is 18.6 Å². The minimum atomic E-state index is -0.0249. The first-order valence-corrected chi connectivity index (χ1v) is 15.7. The third-order valence-electron chi connectivity index (χ3n) is 8.72. The summed E-state index contributed by atoms with van der Waals surface area (Å²) in [7, 11) is 0. The number of allylic oxidation sites excluding steroid dienone is 4. The molecule has 0 radical (unpaired) electrons. The van der Waals surface area contributed by atoms with Crippen molar-refractivity contribution in [2.24, 2.45) is 0 Å². The van der Waals surface area contributed by atoms with Gasteiger partial charge in [-0.25, -0.2) is 0 Å². The molecule has 3 aliphatic rings. The fraction of sp³-hybridized carbons (Fsp3) is 0.472. The van der Waals surface area contributed by atoms with Crippen LogP contribution in [0.15, 0.2) is 70.6 Å². The van der Waals surface area contributed by atoms with Crippen molar-refractivity contribution in [3.8, 4) is 11.1 Å². The van der Waals surface area contributed by atoms with Crippen molar-refractivity contribution in [3.63, 3.8) is 0 Å². The molecule has 1 aliphatic carbocycles. The summed E-state index contributed by atoms with van der Waals surface area (Å²) in [6.07, 6.45) is 6.44. The van der Waals surface area contributed by atoms with Crippen LogP contribution in [-0.2, 0) is 11.3 Å². The van der Waals surface area contributed by atoms with Crippen molar-refractivity contribution in [2.45, 2.75) is 85.9 Å². The van der Waals surface area contributed by atoms with Gasteiger partial charge in [0.15, 0.2) is 0 Å². The molecule has 0 spiro atoms. The highest BCUT2D eigenvalue weighted by atomic mass is 16.5. The van der Waals surface area contributed by atoms with Crippen molar-refractivity contribution in [1.82, 2.24) is 16.0 Å². The van der Waals surface area contributed by atoms with Gasteiger partial charge in [-0.15, -0.1) is 0 Å². The summed E-state index contributed by atoms with van der Waals surface area (Å²) >= 11 is 0. The van der Waals surface area contributed by atoms with Crippen LogP contribution in [-0.4, -0.2) is 44.3 Å². The van der Waals surface area contributed by atoms with Crippen LogP contribution < -0.4 is 20.9 Å². The molecule has 6 heteroatoms. The van der Waals surface area contributed by atoms with E-state index >= 15 is 0 Å². The smallest absolute Gasteiger partial charge is 0.251 e. The lowest BCUT2D eigenvalue weighted by Crippen LogP contribution is -2.40. The molecule has 2 heterocycles. The number of amides is 1. The Balaban J connectivity index is 1.47. The van der Waals surface area contributed by atoms with Crippen LogP contribution in [0.1, 0.15) is 81.8 Å². The third-order valence-corrected chi connectivity index (χ3v) is 8.72. The second kappa shape index (κ2) is 13.3. The molecule has 2 aromatic carbocycles. The maximum absolute atomic E-state index is 14.0. The Bertz CT molecular complexity index is 1390. The molecule has 0 aromatic heterocycles. The number of nitrogens with zero attached hydrogens (tertiary/aromatic N) is 1. The molecule has 3 N–H and O–H groups in total. The van der Waals surface area contributed by atoms with Crippen molar-refractivity contribution in [3.05, 3.63) is 87.3 Å². The summed E-state index contributed by atoms with van der Waals surface area (Å²) in [5.74, 6) is -0.0249. The summed E-state index contributed by atoms with van der Waals surface area (Å²) in [6.45, 7) is 16.7. The van der Waals surface area contributed by atoms with Crippen LogP contribution in [0.3, 0.4) is 0 Å². The molecule has 224 valence electrons. The Labute approximate surface area is 252 Å². The van der Waals surface area contributed by atoms with Gasteiger partial charge in [0.2, 0.25) is 0 Å². The van der Waals surface area contributed by atoms with E-state index in [1.54, 1.807) is 0 Å². The summed E-state index contributed by atoms with van der Waals surface area (Å²) in [6, 6.07) is 14.0. The lowest BCUT2D eigenvalue weighted by molar-refractivity contribution is 0.0846. The van der Waals surface area contributed by atoms with Gasteiger partial charge >= 0.3 is 0 Å².